The van der Waals surface area contributed by atoms with Crippen LogP contribution >= 0.6 is 0 Å². The predicted octanol–water partition coefficient (Wildman–Crippen LogP) is 6.20. The normalized spacial score (nSPS) is 19.3. The highest BCUT2D eigenvalue weighted by molar-refractivity contribution is 7.91. The summed E-state index contributed by atoms with van der Waals surface area (Å²) in [6.07, 6.45) is 31.2. The number of hydrogen-bond acceptors (Lipinski definition) is 22. The number of likely N-dealkylation sites (N-methyl/N-ethyl adjacent to an activating group) is 2. The van der Waals surface area contributed by atoms with Gasteiger partial charge < -0.3 is 77.0 Å². The summed E-state index contributed by atoms with van der Waals surface area (Å²) in [5.74, 6) is 1.86. The molecule has 2 amide bonds. The summed E-state index contributed by atoms with van der Waals surface area (Å²) < 4.78 is 36.5. The Kier molecular flexibility index (Phi) is 21.4. The average Bonchev–Trinajstić information content (AvgIpc) is 2.12. The lowest BCUT2D eigenvalue weighted by Crippen LogP contribution is -2.56. The molecule has 6 aliphatic heterocycles. The number of piperidine rings is 3. The van der Waals surface area contributed by atoms with E-state index in [2.05, 4.69) is 61.1 Å². The lowest BCUT2D eigenvalue weighted by molar-refractivity contribution is -0.129. The summed E-state index contributed by atoms with van der Waals surface area (Å²) in [4.78, 5) is 62.9. The summed E-state index contributed by atoms with van der Waals surface area (Å²) in [7, 11) is 1.08. The monoisotopic (exact) mass is 1260 g/mol. The molecule has 25 nitrogen and oxygen atoms in total. The summed E-state index contributed by atoms with van der Waals surface area (Å²) >= 11 is 0. The molecule has 6 aromatic heterocycles. The minimum Gasteiger partial charge on any atom is -0.444 e. The van der Waals surface area contributed by atoms with Gasteiger partial charge in [-0.3, -0.25) is 29.7 Å². The van der Waals surface area contributed by atoms with E-state index in [1.165, 1.54) is 19.1 Å². The molecule has 26 heteroatoms. The summed E-state index contributed by atoms with van der Waals surface area (Å²) in [5.41, 5.74) is 37.9. The molecule has 0 aromatic carbocycles. The summed E-state index contributed by atoms with van der Waals surface area (Å²) in [6, 6.07) is 9.61. The highest BCUT2D eigenvalue weighted by Gasteiger charge is 2.44. The van der Waals surface area contributed by atoms with E-state index in [4.69, 9.17) is 38.1 Å². The Hall–Kier alpha value is -8.23. The second kappa shape index (κ2) is 29.2. The number of morpholine rings is 1. The molecule has 0 radical (unpaired) electrons. The Morgan fingerprint density at radius 2 is 1.03 bits per heavy atom. The van der Waals surface area contributed by atoms with Gasteiger partial charge in [-0.1, -0.05) is 0 Å². The van der Waals surface area contributed by atoms with Crippen LogP contribution in [-0.4, -0.2) is 198 Å². The Labute approximate surface area is 530 Å². The largest absolute Gasteiger partial charge is 0.444 e. The van der Waals surface area contributed by atoms with E-state index in [1.807, 2.05) is 80.3 Å². The zero-order chi connectivity index (χ0) is 64.2. The molecule has 1 saturated carbocycles. The fourth-order valence-corrected chi connectivity index (χ4v) is 13.6. The molecule has 13 rings (SSSR count). The zero-order valence-corrected chi connectivity index (χ0v) is 54.1. The topological polar surface area (TPSA) is 322 Å². The number of carbonyl (C=O) groups excluding carboxylic acids is 2. The van der Waals surface area contributed by atoms with E-state index in [1.54, 1.807) is 66.9 Å². The van der Waals surface area contributed by atoms with Crippen LogP contribution in [0.15, 0.2) is 105 Å². The van der Waals surface area contributed by atoms with Gasteiger partial charge in [0.25, 0.3) is 0 Å². The van der Waals surface area contributed by atoms with Crippen molar-refractivity contribution in [3.63, 3.8) is 0 Å². The number of sulfone groups is 1. The standard InChI is InChI=1S/C18H28N4O2.C14H22N4O.C11H12N4.C11H17N3O2S.C10H14N4O/c1-17(2,3)24-16(23)22-11-7-18(13-22)5-9-21(10-6-18)15-4-8-20-12-14(15)19;1-17-8-9-19-14(11-17)3-6-18(7-4-14)13-2-5-16-10-12(13)15;12-9-7-13-4-3-10(9)15-6-5-14-11(15)8-1-2-8;1-17(15,16)9-3-6-14(7-4-9)11-2-5-13-8-10(11)12;1-13-4-5-14(7-10(13)15)9-2-3-12-6-8(9)11/h4,8,12H,5-7,9-11,13,19H2,1-3H3;2,5,10H,3-4,6-9,11,15H2,1H3;3-8H,1-2,12H2;2,5,8-9H,3-4,6-7,12H2,1H3;2-3,6H,4-5,7,11H2,1H3. The fourth-order valence-electron chi connectivity index (χ4n) is 12.6. The number of imidazole rings is 1. The molecular weight excluding hydrogens is 1160 g/mol. The van der Waals surface area contributed by atoms with Crippen molar-refractivity contribution in [2.24, 2.45) is 5.41 Å². The zero-order valence-electron chi connectivity index (χ0n) is 53.2. The van der Waals surface area contributed by atoms with Crippen molar-refractivity contribution in [3.8, 4) is 5.69 Å². The first-order chi connectivity index (χ1) is 43.0. The molecule has 0 bridgehead atoms. The van der Waals surface area contributed by atoms with Crippen molar-refractivity contribution in [2.75, 3.05) is 160 Å². The molecule has 6 saturated heterocycles. The van der Waals surface area contributed by atoms with Crippen LogP contribution in [0.3, 0.4) is 0 Å². The smallest absolute Gasteiger partial charge is 0.410 e. The summed E-state index contributed by atoms with van der Waals surface area (Å²) in [5, 5.41) is -0.207. The van der Waals surface area contributed by atoms with E-state index in [0.717, 1.165) is 163 Å². The highest BCUT2D eigenvalue weighted by Crippen LogP contribution is 2.43. The van der Waals surface area contributed by atoms with E-state index >= 15 is 0 Å². The molecule has 1 aliphatic carbocycles. The quantitative estimate of drug-likeness (QED) is 0.119. The number of piperazine rings is 1. The van der Waals surface area contributed by atoms with Crippen molar-refractivity contribution in [1.29, 1.82) is 0 Å². The Bertz CT molecular complexity index is 3450. The van der Waals surface area contributed by atoms with Crippen LogP contribution in [0.2, 0.25) is 0 Å². The van der Waals surface area contributed by atoms with Gasteiger partial charge in [-0.15, -0.1) is 0 Å². The molecule has 7 fully saturated rings. The number of likely N-dealkylation sites (tertiary alicyclic amines) is 1. The van der Waals surface area contributed by atoms with Gasteiger partial charge in [0.05, 0.1) is 112 Å². The molecule has 6 aromatic rings. The van der Waals surface area contributed by atoms with Gasteiger partial charge in [0.1, 0.15) is 21.3 Å². The molecule has 7 aliphatic rings. The number of amides is 2. The molecule has 486 valence electrons. The Balaban J connectivity index is 0.000000135. The average molecular weight is 1260 g/mol. The van der Waals surface area contributed by atoms with Crippen LogP contribution in [0.1, 0.15) is 90.3 Å². The first-order valence-corrected chi connectivity index (χ1v) is 33.2. The van der Waals surface area contributed by atoms with E-state index in [9.17, 15) is 18.0 Å². The highest BCUT2D eigenvalue weighted by atomic mass is 32.2. The number of nitrogens with two attached hydrogens (primary N) is 5. The van der Waals surface area contributed by atoms with Crippen LogP contribution in [0.5, 0.6) is 0 Å². The van der Waals surface area contributed by atoms with Crippen molar-refractivity contribution in [2.45, 2.75) is 101 Å². The lowest BCUT2D eigenvalue weighted by Gasteiger charge is -2.47. The van der Waals surface area contributed by atoms with Gasteiger partial charge in [-0.05, 0) is 121 Å². The maximum Gasteiger partial charge on any atom is 0.410 e. The Morgan fingerprint density at radius 3 is 1.48 bits per heavy atom. The van der Waals surface area contributed by atoms with Crippen molar-refractivity contribution in [3.05, 3.63) is 111 Å². The third-order valence-electron chi connectivity index (χ3n) is 17.9. The minimum absolute atomic E-state index is 0.0608. The molecule has 0 atom stereocenters. The Morgan fingerprint density at radius 1 is 0.578 bits per heavy atom. The van der Waals surface area contributed by atoms with Crippen molar-refractivity contribution < 1.29 is 27.5 Å². The maximum absolute atomic E-state index is 12.3. The molecule has 0 unspecified atom stereocenters. The number of anilines is 9. The number of ether oxygens (including phenoxy) is 2. The molecular formula is C64H93N19O6S. The number of nitrogen functional groups attached to an aromatic ring is 5. The van der Waals surface area contributed by atoms with E-state index < -0.39 is 15.4 Å². The molecule has 12 heterocycles. The van der Waals surface area contributed by atoms with Gasteiger partial charge in [0.15, 0.2) is 0 Å². The molecule has 90 heavy (non-hydrogen) atoms. The van der Waals surface area contributed by atoms with E-state index in [0.29, 0.717) is 42.4 Å². The van der Waals surface area contributed by atoms with Crippen molar-refractivity contribution in [1.82, 2.24) is 49.2 Å². The van der Waals surface area contributed by atoms with Gasteiger partial charge in [0, 0.05) is 141 Å². The van der Waals surface area contributed by atoms with Gasteiger partial charge in [-0.25, -0.2) is 18.2 Å². The van der Waals surface area contributed by atoms with Crippen LogP contribution in [0.25, 0.3) is 5.69 Å². The first-order valence-electron chi connectivity index (χ1n) is 31.2. The third-order valence-corrected chi connectivity index (χ3v) is 19.6. The van der Waals surface area contributed by atoms with Crippen LogP contribution in [-0.2, 0) is 24.1 Å². The maximum atomic E-state index is 12.3. The number of rotatable bonds is 7. The predicted molar refractivity (Wildman–Crippen MR) is 356 cm³/mol. The second-order valence-corrected chi connectivity index (χ2v) is 28.1. The van der Waals surface area contributed by atoms with Crippen LogP contribution < -0.4 is 48.3 Å². The second-order valence-electron chi connectivity index (χ2n) is 25.8. The number of pyridine rings is 5. The van der Waals surface area contributed by atoms with Gasteiger partial charge >= 0.3 is 6.09 Å². The SMILES string of the molecule is CC(C)(C)OC(=O)N1CCC2(CCN(c3ccncc3N)CC2)C1.CN1CCN(c2ccncc2N)CC1=O.CN1CCOC2(CCN(c3ccncc3N)CC2)C1.CS(=O)(=O)C1CCN(c2ccncc2N)CC1.Nc1cnccc1-n1ccnc1C1CC1. The van der Waals surface area contributed by atoms with Gasteiger partial charge in [-0.2, -0.15) is 0 Å². The van der Waals surface area contributed by atoms with Crippen molar-refractivity contribution >= 4 is 73.0 Å². The third kappa shape index (κ3) is 17.4. The number of aromatic nitrogens is 7. The number of hydrogen-bond donors (Lipinski definition) is 5. The lowest BCUT2D eigenvalue weighted by atomic mass is 9.77. The number of nitrogens with zero attached hydrogens (tertiary/aromatic N) is 14. The van der Waals surface area contributed by atoms with Gasteiger partial charge in [0.2, 0.25) is 5.91 Å². The van der Waals surface area contributed by atoms with E-state index in [-0.39, 0.29) is 28.3 Å². The first kappa shape index (κ1) is 66.2. The molecule has 2 spiro atoms. The molecule has 10 N–H and O–H groups in total. The van der Waals surface area contributed by atoms with Crippen LogP contribution in [0, 0.1) is 5.41 Å². The summed E-state index contributed by atoms with van der Waals surface area (Å²) in [6.45, 7) is 17.6. The van der Waals surface area contributed by atoms with Crippen LogP contribution in [0.4, 0.5) is 56.0 Å². The number of carbonyl (C=O) groups is 2. The fraction of sp³-hybridized carbons (Fsp3) is 0.531. The minimum atomic E-state index is -2.91.